The van der Waals surface area contributed by atoms with Gasteiger partial charge >= 0.3 is 5.97 Å². The van der Waals surface area contributed by atoms with Crippen molar-refractivity contribution < 1.29 is 23.6 Å². The van der Waals surface area contributed by atoms with Crippen molar-refractivity contribution in [3.05, 3.63) is 76.3 Å². The Hall–Kier alpha value is -3.63. The molecule has 1 atom stereocenters. The molecule has 0 bridgehead atoms. The summed E-state index contributed by atoms with van der Waals surface area (Å²) >= 11 is 7.08. The summed E-state index contributed by atoms with van der Waals surface area (Å²) < 4.78 is 18.5. The number of thiazole rings is 1. The van der Waals surface area contributed by atoms with Crippen molar-refractivity contribution in [1.82, 2.24) is 15.1 Å². The van der Waals surface area contributed by atoms with E-state index in [0.717, 1.165) is 11.3 Å². The minimum atomic E-state index is -1.14. The van der Waals surface area contributed by atoms with Crippen molar-refractivity contribution >= 4 is 45.5 Å². The molecule has 0 aliphatic heterocycles. The van der Waals surface area contributed by atoms with Gasteiger partial charge in [0.15, 0.2) is 10.3 Å². The lowest BCUT2D eigenvalue weighted by molar-refractivity contribution is -0.138. The van der Waals surface area contributed by atoms with Crippen molar-refractivity contribution in [3.8, 4) is 11.4 Å². The zero-order chi connectivity index (χ0) is 22.8. The molecule has 0 radical (unpaired) electrons. The van der Waals surface area contributed by atoms with Gasteiger partial charge in [0.25, 0.3) is 11.7 Å². The predicted molar refractivity (Wildman–Crippen MR) is 116 cm³/mol. The molecule has 0 fully saturated rings. The normalized spacial score (nSPS) is 11.8. The number of halogens is 2. The summed E-state index contributed by atoms with van der Waals surface area (Å²) in [4.78, 5) is 34.3. The smallest absolute Gasteiger partial charge is 0.326 e. The molecule has 4 aromatic rings. The van der Waals surface area contributed by atoms with Gasteiger partial charge in [0, 0.05) is 11.3 Å². The molecule has 0 aliphatic rings. The van der Waals surface area contributed by atoms with Crippen LogP contribution in [0, 0.1) is 5.82 Å². The van der Waals surface area contributed by atoms with Gasteiger partial charge in [0.1, 0.15) is 16.7 Å². The van der Waals surface area contributed by atoms with E-state index in [1.807, 2.05) is 6.07 Å². The number of benzene rings is 2. The molecule has 2 aromatic heterocycles. The van der Waals surface area contributed by atoms with Crippen LogP contribution in [-0.4, -0.2) is 38.0 Å². The van der Waals surface area contributed by atoms with Crippen molar-refractivity contribution in [1.29, 1.82) is 0 Å². The first kappa shape index (κ1) is 21.6. The molecular weight excluding hydrogens is 459 g/mol. The zero-order valence-electron chi connectivity index (χ0n) is 16.4. The summed E-state index contributed by atoms with van der Waals surface area (Å²) in [7, 11) is 0. The lowest BCUT2D eigenvalue weighted by atomic mass is 10.2. The minimum absolute atomic E-state index is 0.00892. The second-order valence-electron chi connectivity index (χ2n) is 6.60. The maximum atomic E-state index is 13.4. The zero-order valence-corrected chi connectivity index (χ0v) is 18.0. The lowest BCUT2D eigenvalue weighted by Gasteiger charge is -2.25. The maximum absolute atomic E-state index is 13.4. The second kappa shape index (κ2) is 8.85. The summed E-state index contributed by atoms with van der Waals surface area (Å²) in [5.41, 5.74) is 1.04. The number of carbonyl (C=O) groups is 2. The number of carbonyl (C=O) groups excluding carboxylic acids is 1. The number of anilines is 2. The largest absolute Gasteiger partial charge is 0.480 e. The molecule has 0 saturated heterocycles. The number of rotatable bonds is 7. The Morgan fingerprint density at radius 1 is 1.12 bits per heavy atom. The van der Waals surface area contributed by atoms with Crippen LogP contribution in [0.5, 0.6) is 0 Å². The van der Waals surface area contributed by atoms with Crippen LogP contribution in [-0.2, 0) is 4.79 Å². The van der Waals surface area contributed by atoms with Gasteiger partial charge < -0.3 is 14.5 Å². The molecule has 2 heterocycles. The Bertz CT molecular complexity index is 1280. The third-order valence-corrected chi connectivity index (χ3v) is 5.93. The number of carboxylic acid groups (broad SMARTS) is 1. The lowest BCUT2D eigenvalue weighted by Crippen LogP contribution is -2.35. The van der Waals surface area contributed by atoms with E-state index in [9.17, 15) is 19.1 Å². The molecule has 1 unspecified atom stereocenters. The molecule has 8 nitrogen and oxygen atoms in total. The van der Waals surface area contributed by atoms with Crippen LogP contribution in [0.15, 0.2) is 59.1 Å². The van der Waals surface area contributed by atoms with Crippen molar-refractivity contribution in [3.63, 3.8) is 0 Å². The van der Waals surface area contributed by atoms with Crippen molar-refractivity contribution in [2.24, 2.45) is 0 Å². The van der Waals surface area contributed by atoms with E-state index in [4.69, 9.17) is 16.1 Å². The van der Waals surface area contributed by atoms with Crippen LogP contribution in [0.2, 0.25) is 5.15 Å². The molecule has 1 N–H and O–H groups in total. The first-order valence-electron chi connectivity index (χ1n) is 9.23. The number of nitrogens with zero attached hydrogens (tertiary/aromatic N) is 4. The maximum Gasteiger partial charge on any atom is 0.326 e. The van der Waals surface area contributed by atoms with E-state index < -0.39 is 23.6 Å². The van der Waals surface area contributed by atoms with Crippen molar-refractivity contribution in [2.75, 3.05) is 4.90 Å². The molecule has 0 saturated carbocycles. The van der Waals surface area contributed by atoms with Gasteiger partial charge in [-0.3, -0.25) is 4.79 Å². The Balaban J connectivity index is 1.69. The van der Waals surface area contributed by atoms with Crippen LogP contribution < -0.4 is 4.90 Å². The topological polar surface area (TPSA) is 109 Å². The summed E-state index contributed by atoms with van der Waals surface area (Å²) in [6.07, 6.45) is 0. The van der Waals surface area contributed by atoms with Gasteiger partial charge in [-0.15, -0.1) is 0 Å². The Morgan fingerprint density at radius 2 is 1.81 bits per heavy atom. The highest BCUT2D eigenvalue weighted by molar-refractivity contribution is 7.18. The van der Waals surface area contributed by atoms with E-state index in [1.165, 1.54) is 36.1 Å². The number of aromatic nitrogens is 3. The average Bonchev–Trinajstić information content (AvgIpc) is 3.43. The molecule has 162 valence electrons. The first-order valence-corrected chi connectivity index (χ1v) is 10.4. The van der Waals surface area contributed by atoms with E-state index in [-0.39, 0.29) is 26.9 Å². The van der Waals surface area contributed by atoms with Crippen LogP contribution in [0.4, 0.5) is 15.2 Å². The fourth-order valence-corrected chi connectivity index (χ4v) is 4.19. The van der Waals surface area contributed by atoms with Gasteiger partial charge in [0.05, 0.1) is 0 Å². The number of ketones is 1. The molecule has 2 aromatic carbocycles. The van der Waals surface area contributed by atoms with Crippen molar-refractivity contribution in [2.45, 2.75) is 13.0 Å². The highest BCUT2D eigenvalue weighted by Gasteiger charge is 2.30. The number of aliphatic carboxylic acids is 1. The first-order chi connectivity index (χ1) is 15.3. The fourth-order valence-electron chi connectivity index (χ4n) is 2.86. The monoisotopic (exact) mass is 472 g/mol. The standard InChI is InChI=1S/C21H14ClFN4O4S/c1-11(20(29)30)27(14-9-7-13(23)8-10-14)21-24-17(22)16(32-21)15(28)19-25-18(26-31-19)12-5-3-2-4-6-12/h2-11H,1H3,(H,29,30). The van der Waals surface area contributed by atoms with Gasteiger partial charge in [-0.1, -0.05) is 58.4 Å². The van der Waals surface area contributed by atoms with E-state index in [0.29, 0.717) is 11.3 Å². The second-order valence-corrected chi connectivity index (χ2v) is 7.93. The van der Waals surface area contributed by atoms with Crippen LogP contribution in [0.25, 0.3) is 11.4 Å². The molecule has 11 heteroatoms. The Kier molecular flexibility index (Phi) is 5.97. The molecular formula is C21H14ClFN4O4S. The summed E-state index contributed by atoms with van der Waals surface area (Å²) in [6, 6.07) is 13.1. The molecule has 0 amide bonds. The summed E-state index contributed by atoms with van der Waals surface area (Å²) in [5, 5.41) is 13.4. The van der Waals surface area contributed by atoms with E-state index in [1.54, 1.807) is 24.3 Å². The highest BCUT2D eigenvalue weighted by Crippen LogP contribution is 2.36. The minimum Gasteiger partial charge on any atom is -0.480 e. The van der Waals surface area contributed by atoms with Gasteiger partial charge in [-0.05, 0) is 31.2 Å². The van der Waals surface area contributed by atoms with Gasteiger partial charge in [0.2, 0.25) is 5.82 Å². The Morgan fingerprint density at radius 3 is 2.47 bits per heavy atom. The molecule has 0 aliphatic carbocycles. The van der Waals surface area contributed by atoms with Crippen LogP contribution in [0.1, 0.15) is 22.5 Å². The Labute approximate surface area is 189 Å². The number of carboxylic acids is 1. The third kappa shape index (κ3) is 4.23. The quantitative estimate of drug-likeness (QED) is 0.381. The van der Waals surface area contributed by atoms with Crippen LogP contribution in [0.3, 0.4) is 0 Å². The number of hydrogen-bond acceptors (Lipinski definition) is 8. The van der Waals surface area contributed by atoms with E-state index in [2.05, 4.69) is 15.1 Å². The average molecular weight is 473 g/mol. The SMILES string of the molecule is CC(C(=O)O)N(c1ccc(F)cc1)c1nc(Cl)c(C(=O)c2nc(-c3ccccc3)no2)s1. The third-order valence-electron chi connectivity index (χ3n) is 4.49. The summed E-state index contributed by atoms with van der Waals surface area (Å²) in [6.45, 7) is 1.44. The molecule has 0 spiro atoms. The molecule has 32 heavy (non-hydrogen) atoms. The van der Waals surface area contributed by atoms with Crippen LogP contribution >= 0.6 is 22.9 Å². The van der Waals surface area contributed by atoms with E-state index >= 15 is 0 Å². The molecule has 4 rings (SSSR count). The van der Waals surface area contributed by atoms with Gasteiger partial charge in [-0.25, -0.2) is 14.2 Å². The number of hydrogen-bond donors (Lipinski definition) is 1. The summed E-state index contributed by atoms with van der Waals surface area (Å²) in [5.74, 6) is -2.30. The predicted octanol–water partition coefficient (Wildman–Crippen LogP) is 4.83. The highest BCUT2D eigenvalue weighted by atomic mass is 35.5. The van der Waals surface area contributed by atoms with Gasteiger partial charge in [-0.2, -0.15) is 4.98 Å². The fraction of sp³-hybridized carbons (Fsp3) is 0.0952.